The monoisotopic (exact) mass is 348 g/mol. The summed E-state index contributed by atoms with van der Waals surface area (Å²) in [4.78, 5) is 4.16. The number of hydrogen-bond donors (Lipinski definition) is 1. The average Bonchev–Trinajstić information content (AvgIpc) is 2.52. The lowest BCUT2D eigenvalue weighted by atomic mass is 10.1. The Morgan fingerprint density at radius 1 is 1.33 bits per heavy atom. The lowest BCUT2D eigenvalue weighted by Crippen LogP contribution is -2.18. The number of pyridine rings is 1. The smallest absolute Gasteiger partial charge is 0.123 e. The van der Waals surface area contributed by atoms with Gasteiger partial charge in [-0.25, -0.2) is 0 Å². The van der Waals surface area contributed by atoms with E-state index in [2.05, 4.69) is 52.2 Å². The highest BCUT2D eigenvalue weighted by atomic mass is 79.9. The normalized spacial score (nSPS) is 12.1. The van der Waals surface area contributed by atoms with E-state index in [-0.39, 0.29) is 6.04 Å². The van der Waals surface area contributed by atoms with Gasteiger partial charge in [0.25, 0.3) is 0 Å². The van der Waals surface area contributed by atoms with E-state index in [0.29, 0.717) is 0 Å². The molecule has 0 saturated carbocycles. The van der Waals surface area contributed by atoms with Crippen molar-refractivity contribution in [3.8, 4) is 5.75 Å². The van der Waals surface area contributed by atoms with Gasteiger partial charge in [0.1, 0.15) is 5.75 Å². The Bertz CT molecular complexity index is 560. The van der Waals surface area contributed by atoms with Gasteiger partial charge in [-0.05, 0) is 43.2 Å². The van der Waals surface area contributed by atoms with Gasteiger partial charge in [0.05, 0.1) is 6.61 Å². The van der Waals surface area contributed by atoms with E-state index < -0.39 is 0 Å². The zero-order chi connectivity index (χ0) is 15.1. The molecule has 0 bridgehead atoms. The van der Waals surface area contributed by atoms with Crippen LogP contribution in [0, 0.1) is 0 Å². The van der Waals surface area contributed by atoms with Gasteiger partial charge in [-0.3, -0.25) is 4.98 Å². The van der Waals surface area contributed by atoms with Gasteiger partial charge in [0.2, 0.25) is 0 Å². The van der Waals surface area contributed by atoms with E-state index in [0.717, 1.165) is 35.4 Å². The van der Waals surface area contributed by atoms with Gasteiger partial charge < -0.3 is 10.1 Å². The SMILES string of the molecule is CCCOc1ccc(Br)cc1CN[C@H](C)c1cccnc1. The Labute approximate surface area is 134 Å². The molecule has 0 aliphatic carbocycles. The highest BCUT2D eigenvalue weighted by Crippen LogP contribution is 2.24. The predicted molar refractivity (Wildman–Crippen MR) is 89.4 cm³/mol. The maximum absolute atomic E-state index is 5.81. The molecule has 1 heterocycles. The first kappa shape index (κ1) is 16.0. The molecular weight excluding hydrogens is 328 g/mol. The summed E-state index contributed by atoms with van der Waals surface area (Å²) in [5.41, 5.74) is 2.34. The van der Waals surface area contributed by atoms with Crippen LogP contribution in [0.5, 0.6) is 5.75 Å². The van der Waals surface area contributed by atoms with E-state index in [9.17, 15) is 0 Å². The van der Waals surface area contributed by atoms with Crippen molar-refractivity contribution in [2.45, 2.75) is 32.9 Å². The van der Waals surface area contributed by atoms with E-state index in [1.807, 2.05) is 24.4 Å². The maximum atomic E-state index is 5.81. The van der Waals surface area contributed by atoms with Gasteiger partial charge in [0.15, 0.2) is 0 Å². The van der Waals surface area contributed by atoms with Crippen LogP contribution in [0.25, 0.3) is 0 Å². The summed E-state index contributed by atoms with van der Waals surface area (Å²) in [5, 5.41) is 3.52. The van der Waals surface area contributed by atoms with Crippen LogP contribution in [0.3, 0.4) is 0 Å². The molecule has 1 atom stereocenters. The van der Waals surface area contributed by atoms with Crippen molar-refractivity contribution < 1.29 is 4.74 Å². The molecule has 3 nitrogen and oxygen atoms in total. The Kier molecular flexibility index (Phi) is 6.21. The molecule has 0 fully saturated rings. The molecule has 1 N–H and O–H groups in total. The van der Waals surface area contributed by atoms with Crippen LogP contribution in [0.2, 0.25) is 0 Å². The average molecular weight is 349 g/mol. The van der Waals surface area contributed by atoms with Crippen LogP contribution < -0.4 is 10.1 Å². The second-order valence-corrected chi connectivity index (χ2v) is 5.91. The van der Waals surface area contributed by atoms with Crippen LogP contribution in [-0.4, -0.2) is 11.6 Å². The quantitative estimate of drug-likeness (QED) is 0.800. The van der Waals surface area contributed by atoms with Crippen molar-refractivity contribution in [2.24, 2.45) is 0 Å². The molecule has 0 saturated heterocycles. The van der Waals surface area contributed by atoms with Crippen LogP contribution in [0.15, 0.2) is 47.2 Å². The fourth-order valence-electron chi connectivity index (χ4n) is 2.05. The van der Waals surface area contributed by atoms with Gasteiger partial charge in [-0.15, -0.1) is 0 Å². The molecule has 0 aliphatic heterocycles. The molecule has 2 rings (SSSR count). The maximum Gasteiger partial charge on any atom is 0.123 e. The van der Waals surface area contributed by atoms with E-state index in [4.69, 9.17) is 4.74 Å². The van der Waals surface area contributed by atoms with E-state index in [1.54, 1.807) is 6.20 Å². The first-order valence-electron chi connectivity index (χ1n) is 7.25. The molecule has 0 aliphatic rings. The number of benzene rings is 1. The summed E-state index contributed by atoms with van der Waals surface area (Å²) in [6.07, 6.45) is 4.70. The third-order valence-electron chi connectivity index (χ3n) is 3.27. The van der Waals surface area contributed by atoms with Gasteiger partial charge in [-0.1, -0.05) is 28.9 Å². The minimum absolute atomic E-state index is 0.247. The molecule has 0 spiro atoms. The number of rotatable bonds is 7. The predicted octanol–water partition coefficient (Wildman–Crippen LogP) is 4.48. The van der Waals surface area contributed by atoms with E-state index in [1.165, 1.54) is 5.56 Å². The summed E-state index contributed by atoms with van der Waals surface area (Å²) < 4.78 is 6.87. The molecule has 4 heteroatoms. The summed E-state index contributed by atoms with van der Waals surface area (Å²) in [6, 6.07) is 10.4. The van der Waals surface area contributed by atoms with Crippen LogP contribution in [0.4, 0.5) is 0 Å². The van der Waals surface area contributed by atoms with Crippen molar-refractivity contribution in [3.63, 3.8) is 0 Å². The first-order valence-corrected chi connectivity index (χ1v) is 8.04. The zero-order valence-electron chi connectivity index (χ0n) is 12.5. The molecule has 0 radical (unpaired) electrons. The Morgan fingerprint density at radius 3 is 2.90 bits per heavy atom. The van der Waals surface area contributed by atoms with Gasteiger partial charge >= 0.3 is 0 Å². The second kappa shape index (κ2) is 8.15. The molecule has 21 heavy (non-hydrogen) atoms. The van der Waals surface area contributed by atoms with Crippen LogP contribution in [-0.2, 0) is 6.54 Å². The lowest BCUT2D eigenvalue weighted by molar-refractivity contribution is 0.312. The van der Waals surface area contributed by atoms with Crippen LogP contribution >= 0.6 is 15.9 Å². The molecular formula is C17H21BrN2O. The minimum Gasteiger partial charge on any atom is -0.493 e. The van der Waals surface area contributed by atoms with Crippen molar-refractivity contribution in [2.75, 3.05) is 6.61 Å². The fraction of sp³-hybridized carbons (Fsp3) is 0.353. The molecule has 112 valence electrons. The standard InChI is InChI=1S/C17H21BrN2O/c1-3-9-21-17-7-6-16(18)10-15(17)12-20-13(2)14-5-4-8-19-11-14/h4-8,10-11,13,20H,3,9,12H2,1-2H3/t13-/m1/s1. The van der Waals surface area contributed by atoms with Crippen molar-refractivity contribution in [1.29, 1.82) is 0 Å². The number of hydrogen-bond acceptors (Lipinski definition) is 3. The number of aromatic nitrogens is 1. The number of halogens is 1. The molecule has 1 aromatic heterocycles. The third kappa shape index (κ3) is 4.83. The molecule has 0 amide bonds. The number of nitrogens with zero attached hydrogens (tertiary/aromatic N) is 1. The van der Waals surface area contributed by atoms with E-state index >= 15 is 0 Å². The third-order valence-corrected chi connectivity index (χ3v) is 3.76. The highest BCUT2D eigenvalue weighted by molar-refractivity contribution is 9.10. The summed E-state index contributed by atoms with van der Waals surface area (Å²) >= 11 is 3.52. The molecule has 2 aromatic rings. The zero-order valence-corrected chi connectivity index (χ0v) is 14.1. The Hall–Kier alpha value is -1.39. The Morgan fingerprint density at radius 2 is 2.19 bits per heavy atom. The fourth-order valence-corrected chi connectivity index (χ4v) is 2.46. The topological polar surface area (TPSA) is 34.1 Å². The minimum atomic E-state index is 0.247. The number of ether oxygens (including phenoxy) is 1. The van der Waals surface area contributed by atoms with Crippen molar-refractivity contribution in [3.05, 3.63) is 58.3 Å². The lowest BCUT2D eigenvalue weighted by Gasteiger charge is -2.16. The largest absolute Gasteiger partial charge is 0.493 e. The summed E-state index contributed by atoms with van der Waals surface area (Å²) in [6.45, 7) is 5.75. The second-order valence-electron chi connectivity index (χ2n) is 4.99. The number of nitrogens with one attached hydrogen (secondary N) is 1. The highest BCUT2D eigenvalue weighted by Gasteiger charge is 2.08. The van der Waals surface area contributed by atoms with Crippen LogP contribution in [0.1, 0.15) is 37.4 Å². The first-order chi connectivity index (χ1) is 10.2. The van der Waals surface area contributed by atoms with Gasteiger partial charge in [0, 0.05) is 35.0 Å². The molecule has 0 unspecified atom stereocenters. The Balaban J connectivity index is 2.03. The summed E-state index contributed by atoms with van der Waals surface area (Å²) in [7, 11) is 0. The molecule has 1 aromatic carbocycles. The van der Waals surface area contributed by atoms with Crippen molar-refractivity contribution >= 4 is 15.9 Å². The van der Waals surface area contributed by atoms with Crippen molar-refractivity contribution in [1.82, 2.24) is 10.3 Å². The summed E-state index contributed by atoms with van der Waals surface area (Å²) in [5.74, 6) is 0.950. The van der Waals surface area contributed by atoms with Gasteiger partial charge in [-0.2, -0.15) is 0 Å².